The van der Waals surface area contributed by atoms with Gasteiger partial charge < -0.3 is 45.2 Å². The maximum absolute atomic E-state index is 13.3. The Labute approximate surface area is 333 Å². The van der Waals surface area contributed by atoms with Gasteiger partial charge in [0.05, 0.1) is 11.7 Å². The molecule has 1 aromatic rings. The number of pyridine rings is 1. The van der Waals surface area contributed by atoms with E-state index < -0.39 is 52.8 Å². The summed E-state index contributed by atoms with van der Waals surface area (Å²) in [5, 5.41) is 2.83. The van der Waals surface area contributed by atoms with Crippen molar-refractivity contribution < 1.29 is 42.9 Å². The van der Waals surface area contributed by atoms with Gasteiger partial charge in [-0.3, -0.25) is 14.5 Å². The lowest BCUT2D eigenvalue weighted by Gasteiger charge is -2.32. The summed E-state index contributed by atoms with van der Waals surface area (Å²) in [6.45, 7) is 23.0. The third-order valence-electron chi connectivity index (χ3n) is 7.39. The summed E-state index contributed by atoms with van der Waals surface area (Å²) in [7, 11) is 0. The molecule has 0 spiro atoms. The molecule has 0 bridgehead atoms. The van der Waals surface area contributed by atoms with Crippen molar-refractivity contribution in [3.8, 4) is 0 Å². The molecule has 0 radical (unpaired) electrons. The third kappa shape index (κ3) is 22.2. The first-order valence-electron chi connectivity index (χ1n) is 19.3. The highest BCUT2D eigenvalue weighted by Gasteiger charge is 2.29. The van der Waals surface area contributed by atoms with Crippen LogP contribution < -0.4 is 22.3 Å². The largest absolute Gasteiger partial charge is 0.460 e. The van der Waals surface area contributed by atoms with Crippen LogP contribution in [-0.2, 0) is 23.7 Å². The van der Waals surface area contributed by atoms with Gasteiger partial charge in [0.25, 0.3) is 5.91 Å². The second kappa shape index (κ2) is 22.4. The van der Waals surface area contributed by atoms with Gasteiger partial charge in [0, 0.05) is 51.9 Å². The first-order chi connectivity index (χ1) is 25.7. The van der Waals surface area contributed by atoms with E-state index in [1.807, 2.05) is 0 Å². The number of nitrogen functional groups attached to an aromatic ring is 1. The molecule has 1 atom stereocenters. The lowest BCUT2D eigenvalue weighted by atomic mass is 10.1. The van der Waals surface area contributed by atoms with E-state index in [2.05, 4.69) is 15.7 Å². The number of ether oxygens (including phenoxy) is 4. The smallest absolute Gasteiger partial charge is 0.411 e. The molecule has 320 valence electrons. The molecule has 1 aromatic heterocycles. The molecule has 0 saturated carbocycles. The standard InChI is InChI=1S/C39H70N8O9/c1-36(2,3)53-31(48)20-18-29(40)47(35(52)56-39(10,11)12)26-14-13-22-45(33(50)54-37(4,5)6)24-16-25-46(34(51)55-38(7,8)9)23-15-21-42-32(49)28-17-19-30(44-41)43-27-28/h17,19,27,29H,13-16,18,20-26,40-41H2,1-12H3,(H,42,49)(H,43,44). The summed E-state index contributed by atoms with van der Waals surface area (Å²) in [6, 6.07) is 3.19. The molecule has 0 aliphatic heterocycles. The number of hydrogen-bond donors (Lipinski definition) is 4. The number of rotatable bonds is 19. The second-order valence-electron chi connectivity index (χ2n) is 17.5. The predicted molar refractivity (Wildman–Crippen MR) is 214 cm³/mol. The number of hydrogen-bond acceptors (Lipinski definition) is 13. The first-order valence-corrected chi connectivity index (χ1v) is 19.3. The highest BCUT2D eigenvalue weighted by Crippen LogP contribution is 2.17. The Balaban J connectivity index is 2.95. The number of unbranched alkanes of at least 4 members (excludes halogenated alkanes) is 1. The summed E-state index contributed by atoms with van der Waals surface area (Å²) < 4.78 is 22.4. The van der Waals surface area contributed by atoms with Crippen molar-refractivity contribution in [3.05, 3.63) is 23.9 Å². The van der Waals surface area contributed by atoms with Crippen LogP contribution >= 0.6 is 0 Å². The van der Waals surface area contributed by atoms with Crippen LogP contribution in [0.25, 0.3) is 0 Å². The molecule has 0 aliphatic carbocycles. The number of anilines is 1. The van der Waals surface area contributed by atoms with Gasteiger partial charge in [-0.15, -0.1) is 0 Å². The summed E-state index contributed by atoms with van der Waals surface area (Å²) in [4.78, 5) is 73.2. The Hall–Kier alpha value is -4.38. The normalized spacial score (nSPS) is 12.5. The molecule has 1 unspecified atom stereocenters. The maximum Gasteiger partial charge on any atom is 0.411 e. The number of esters is 1. The van der Waals surface area contributed by atoms with Crippen LogP contribution in [0.1, 0.15) is 132 Å². The lowest BCUT2D eigenvalue weighted by molar-refractivity contribution is -0.155. The number of nitrogens with one attached hydrogen (secondary N) is 2. The number of carbonyl (C=O) groups excluding carboxylic acids is 5. The minimum absolute atomic E-state index is 0.0267. The summed E-state index contributed by atoms with van der Waals surface area (Å²) in [6.07, 6.45) is 1.03. The molecule has 0 fully saturated rings. The average Bonchev–Trinajstić information content (AvgIpc) is 3.03. The van der Waals surface area contributed by atoms with Crippen molar-refractivity contribution in [2.24, 2.45) is 11.6 Å². The number of nitrogens with two attached hydrogens (primary N) is 2. The Morgan fingerprint density at radius 3 is 1.59 bits per heavy atom. The molecular weight excluding hydrogens is 724 g/mol. The van der Waals surface area contributed by atoms with Gasteiger partial charge in [-0.1, -0.05) is 0 Å². The van der Waals surface area contributed by atoms with E-state index >= 15 is 0 Å². The molecular formula is C39H70N8O9. The van der Waals surface area contributed by atoms with Crippen molar-refractivity contribution in [2.75, 3.05) is 44.7 Å². The summed E-state index contributed by atoms with van der Waals surface area (Å²) in [5.41, 5.74) is 6.33. The van der Waals surface area contributed by atoms with E-state index in [0.29, 0.717) is 56.7 Å². The van der Waals surface area contributed by atoms with E-state index in [4.69, 9.17) is 30.5 Å². The number of hydrazine groups is 1. The van der Waals surface area contributed by atoms with Gasteiger partial charge in [0.15, 0.2) is 0 Å². The lowest BCUT2D eigenvalue weighted by Crippen LogP contribution is -2.48. The van der Waals surface area contributed by atoms with Crippen molar-refractivity contribution in [2.45, 2.75) is 150 Å². The fourth-order valence-electron chi connectivity index (χ4n) is 4.99. The van der Waals surface area contributed by atoms with Crippen LogP contribution in [0.3, 0.4) is 0 Å². The van der Waals surface area contributed by atoms with Crippen molar-refractivity contribution in [3.63, 3.8) is 0 Å². The molecule has 17 nitrogen and oxygen atoms in total. The van der Waals surface area contributed by atoms with Crippen molar-refractivity contribution in [1.82, 2.24) is 25.0 Å². The Bertz CT molecular complexity index is 1400. The van der Waals surface area contributed by atoms with E-state index in [0.717, 1.165) is 0 Å². The molecule has 17 heteroatoms. The zero-order valence-corrected chi connectivity index (χ0v) is 35.9. The van der Waals surface area contributed by atoms with Gasteiger partial charge in [-0.25, -0.2) is 25.2 Å². The molecule has 0 saturated heterocycles. The van der Waals surface area contributed by atoms with Crippen LogP contribution in [0.15, 0.2) is 18.3 Å². The van der Waals surface area contributed by atoms with Crippen LogP contribution in [-0.4, -0.2) is 118 Å². The van der Waals surface area contributed by atoms with Crippen molar-refractivity contribution >= 4 is 36.0 Å². The maximum atomic E-state index is 13.3. The topological polar surface area (TPSA) is 221 Å². The third-order valence-corrected chi connectivity index (χ3v) is 7.39. The number of amides is 4. The number of aromatic nitrogens is 1. The molecule has 1 rings (SSSR count). The average molecular weight is 795 g/mol. The van der Waals surface area contributed by atoms with Gasteiger partial charge in [-0.2, -0.15) is 0 Å². The predicted octanol–water partition coefficient (Wildman–Crippen LogP) is 5.78. The fourth-order valence-corrected chi connectivity index (χ4v) is 4.99. The molecule has 1 heterocycles. The number of nitrogens with zero attached hydrogens (tertiary/aromatic N) is 4. The van der Waals surface area contributed by atoms with E-state index in [1.165, 1.54) is 11.1 Å². The minimum Gasteiger partial charge on any atom is -0.460 e. The van der Waals surface area contributed by atoms with Gasteiger partial charge >= 0.3 is 24.2 Å². The monoisotopic (exact) mass is 795 g/mol. The summed E-state index contributed by atoms with van der Waals surface area (Å²) >= 11 is 0. The van der Waals surface area contributed by atoms with Crippen LogP contribution in [0.4, 0.5) is 20.2 Å². The Morgan fingerprint density at radius 1 is 0.661 bits per heavy atom. The highest BCUT2D eigenvalue weighted by molar-refractivity contribution is 5.94. The zero-order valence-electron chi connectivity index (χ0n) is 35.9. The van der Waals surface area contributed by atoms with Crippen LogP contribution in [0.5, 0.6) is 0 Å². The van der Waals surface area contributed by atoms with Gasteiger partial charge in [0.1, 0.15) is 28.2 Å². The van der Waals surface area contributed by atoms with Crippen molar-refractivity contribution in [1.29, 1.82) is 0 Å². The highest BCUT2D eigenvalue weighted by atomic mass is 16.6. The zero-order chi connectivity index (χ0) is 42.9. The molecule has 4 amide bonds. The quantitative estimate of drug-likeness (QED) is 0.0326. The van der Waals surface area contributed by atoms with Crippen LogP contribution in [0, 0.1) is 0 Å². The molecule has 0 aromatic carbocycles. The second-order valence-corrected chi connectivity index (χ2v) is 17.5. The summed E-state index contributed by atoms with van der Waals surface area (Å²) in [5.74, 6) is 5.05. The van der Waals surface area contributed by atoms with Gasteiger partial charge in [-0.05, 0) is 127 Å². The Morgan fingerprint density at radius 2 is 1.12 bits per heavy atom. The van der Waals surface area contributed by atoms with E-state index in [-0.39, 0.29) is 38.4 Å². The molecule has 0 aliphatic rings. The fraction of sp³-hybridized carbons (Fsp3) is 0.744. The van der Waals surface area contributed by atoms with Gasteiger partial charge in [0.2, 0.25) is 0 Å². The first kappa shape index (κ1) is 49.6. The molecule has 56 heavy (non-hydrogen) atoms. The van der Waals surface area contributed by atoms with Crippen LogP contribution in [0.2, 0.25) is 0 Å². The SMILES string of the molecule is CC(C)(C)OC(=O)CCC(N)N(CCCCN(CCCN(CCCNC(=O)c1ccc(NN)nc1)C(=O)OC(C)(C)C)C(=O)OC(C)(C)C)C(=O)OC(C)(C)C. The minimum atomic E-state index is -0.802. The Kier molecular flexibility index (Phi) is 19.8. The van der Waals surface area contributed by atoms with E-state index in [9.17, 15) is 24.0 Å². The van der Waals surface area contributed by atoms with E-state index in [1.54, 1.807) is 105 Å². The molecule has 6 N–H and O–H groups in total. The number of carbonyl (C=O) groups is 5.